The molecule has 2 aliphatic rings. The van der Waals surface area contributed by atoms with Crippen LogP contribution in [0.4, 0.5) is 11.4 Å². The predicted octanol–water partition coefficient (Wildman–Crippen LogP) is 5.97. The SMILES string of the molecule is O=C(COC(=O)c1cccc(N2C(=O)[C@@H]3CC[C@H](c4ccccc4)C[C@H]3C2=O)c1)Nc1ccc(Br)c(Cl)c1. The van der Waals surface area contributed by atoms with E-state index in [4.69, 9.17) is 16.3 Å². The number of hydrogen-bond donors (Lipinski definition) is 1. The Labute approximate surface area is 233 Å². The van der Waals surface area contributed by atoms with E-state index in [0.717, 1.165) is 6.42 Å². The van der Waals surface area contributed by atoms with E-state index in [9.17, 15) is 19.2 Å². The number of esters is 1. The summed E-state index contributed by atoms with van der Waals surface area (Å²) < 4.78 is 5.85. The first-order valence-corrected chi connectivity index (χ1v) is 13.4. The zero-order chi connectivity index (χ0) is 26.8. The number of carbonyl (C=O) groups is 4. The molecule has 0 bridgehead atoms. The molecule has 1 aliphatic heterocycles. The van der Waals surface area contributed by atoms with Crippen molar-refractivity contribution in [3.05, 3.63) is 93.4 Å². The van der Waals surface area contributed by atoms with Crippen LogP contribution < -0.4 is 10.2 Å². The van der Waals surface area contributed by atoms with Gasteiger partial charge in [0.25, 0.3) is 5.91 Å². The van der Waals surface area contributed by atoms with Gasteiger partial charge in [0.05, 0.1) is 28.1 Å². The van der Waals surface area contributed by atoms with Crippen LogP contribution in [0.3, 0.4) is 0 Å². The second kappa shape index (κ2) is 11.1. The van der Waals surface area contributed by atoms with E-state index in [1.165, 1.54) is 22.6 Å². The van der Waals surface area contributed by atoms with Crippen molar-refractivity contribution in [1.29, 1.82) is 0 Å². The highest BCUT2D eigenvalue weighted by Gasteiger charge is 2.50. The number of ether oxygens (including phenoxy) is 1. The molecule has 1 aliphatic carbocycles. The Morgan fingerprint density at radius 3 is 2.47 bits per heavy atom. The van der Waals surface area contributed by atoms with Crippen LogP contribution in [0, 0.1) is 11.8 Å². The van der Waals surface area contributed by atoms with Crippen molar-refractivity contribution in [2.24, 2.45) is 11.8 Å². The van der Waals surface area contributed by atoms with Gasteiger partial charge < -0.3 is 10.1 Å². The Morgan fingerprint density at radius 1 is 0.947 bits per heavy atom. The lowest BCUT2D eigenvalue weighted by atomic mass is 9.73. The van der Waals surface area contributed by atoms with Gasteiger partial charge in [-0.05, 0) is 83.1 Å². The van der Waals surface area contributed by atoms with E-state index in [0.29, 0.717) is 33.7 Å². The van der Waals surface area contributed by atoms with Crippen molar-refractivity contribution < 1.29 is 23.9 Å². The molecule has 1 saturated carbocycles. The van der Waals surface area contributed by atoms with Gasteiger partial charge in [-0.3, -0.25) is 19.3 Å². The topological polar surface area (TPSA) is 92.8 Å². The zero-order valence-corrected chi connectivity index (χ0v) is 22.6. The molecular formula is C29H24BrClN2O5. The van der Waals surface area contributed by atoms with Crippen LogP contribution in [0.15, 0.2) is 77.3 Å². The largest absolute Gasteiger partial charge is 0.452 e. The highest BCUT2D eigenvalue weighted by Crippen LogP contribution is 2.45. The lowest BCUT2D eigenvalue weighted by Crippen LogP contribution is -2.31. The Morgan fingerprint density at radius 2 is 1.71 bits per heavy atom. The Kier molecular flexibility index (Phi) is 7.63. The first-order chi connectivity index (χ1) is 18.3. The fraction of sp³-hybridized carbons (Fsp3) is 0.241. The Bertz CT molecular complexity index is 1410. The number of nitrogens with one attached hydrogen (secondary N) is 1. The summed E-state index contributed by atoms with van der Waals surface area (Å²) in [6.07, 6.45) is 2.11. The summed E-state index contributed by atoms with van der Waals surface area (Å²) in [4.78, 5) is 52.7. The third-order valence-corrected chi connectivity index (χ3v) is 8.31. The van der Waals surface area contributed by atoms with E-state index in [1.54, 1.807) is 30.3 Å². The lowest BCUT2D eigenvalue weighted by Gasteiger charge is -2.28. The highest BCUT2D eigenvalue weighted by atomic mass is 79.9. The molecular weight excluding hydrogens is 572 g/mol. The zero-order valence-electron chi connectivity index (χ0n) is 20.2. The summed E-state index contributed by atoms with van der Waals surface area (Å²) in [7, 11) is 0. The summed E-state index contributed by atoms with van der Waals surface area (Å²) in [6.45, 7) is -0.511. The summed E-state index contributed by atoms with van der Waals surface area (Å²) in [5, 5.41) is 3.04. The molecule has 38 heavy (non-hydrogen) atoms. The number of hydrogen-bond acceptors (Lipinski definition) is 5. The molecule has 0 unspecified atom stereocenters. The molecule has 9 heteroatoms. The minimum atomic E-state index is -0.739. The van der Waals surface area contributed by atoms with Crippen molar-refractivity contribution in [1.82, 2.24) is 0 Å². The number of rotatable bonds is 6. The van der Waals surface area contributed by atoms with Crippen LogP contribution in [0.1, 0.15) is 41.1 Å². The molecule has 194 valence electrons. The van der Waals surface area contributed by atoms with Gasteiger partial charge in [0.15, 0.2) is 6.61 Å². The highest BCUT2D eigenvalue weighted by molar-refractivity contribution is 9.10. The minimum Gasteiger partial charge on any atom is -0.452 e. The second-order valence-electron chi connectivity index (χ2n) is 9.45. The molecule has 3 aromatic carbocycles. The maximum atomic E-state index is 13.4. The van der Waals surface area contributed by atoms with Crippen LogP contribution in [0.2, 0.25) is 5.02 Å². The van der Waals surface area contributed by atoms with Crippen LogP contribution in [0.5, 0.6) is 0 Å². The molecule has 5 rings (SSSR count). The average Bonchev–Trinajstić information content (AvgIpc) is 3.19. The van der Waals surface area contributed by atoms with Crippen molar-refractivity contribution in [2.45, 2.75) is 25.2 Å². The van der Waals surface area contributed by atoms with E-state index >= 15 is 0 Å². The molecule has 3 atom stereocenters. The molecule has 3 amide bonds. The van der Waals surface area contributed by atoms with E-state index in [1.807, 2.05) is 18.2 Å². The number of halogens is 2. The Balaban J connectivity index is 1.24. The van der Waals surface area contributed by atoms with Crippen LogP contribution in [-0.2, 0) is 19.1 Å². The van der Waals surface area contributed by atoms with E-state index in [-0.39, 0.29) is 35.1 Å². The summed E-state index contributed by atoms with van der Waals surface area (Å²) in [5.41, 5.74) is 2.11. The first kappa shape index (κ1) is 26.1. The third-order valence-electron chi connectivity index (χ3n) is 7.07. The summed E-state index contributed by atoms with van der Waals surface area (Å²) in [6, 6.07) is 21.2. The molecule has 1 heterocycles. The van der Waals surface area contributed by atoms with Crippen molar-refractivity contribution >= 4 is 62.6 Å². The fourth-order valence-electron chi connectivity index (χ4n) is 5.22. The lowest BCUT2D eigenvalue weighted by molar-refractivity contribution is -0.122. The van der Waals surface area contributed by atoms with Gasteiger partial charge in [-0.15, -0.1) is 0 Å². The molecule has 2 fully saturated rings. The normalized spacial score (nSPS) is 20.7. The van der Waals surface area contributed by atoms with Crippen LogP contribution in [-0.4, -0.2) is 30.3 Å². The van der Waals surface area contributed by atoms with Gasteiger partial charge in [-0.1, -0.05) is 48.0 Å². The Hall–Kier alpha value is -3.49. The summed E-state index contributed by atoms with van der Waals surface area (Å²) in [5.74, 6) is -2.24. The van der Waals surface area contributed by atoms with Crippen LogP contribution in [0.25, 0.3) is 0 Å². The molecule has 0 spiro atoms. The van der Waals surface area contributed by atoms with E-state index in [2.05, 4.69) is 33.4 Å². The average molecular weight is 596 g/mol. The number of amides is 3. The number of nitrogens with zero attached hydrogens (tertiary/aromatic N) is 1. The van der Waals surface area contributed by atoms with Crippen molar-refractivity contribution in [2.75, 3.05) is 16.8 Å². The third kappa shape index (κ3) is 5.37. The van der Waals surface area contributed by atoms with Gasteiger partial charge in [-0.2, -0.15) is 0 Å². The molecule has 3 aromatic rings. The molecule has 1 N–H and O–H groups in total. The van der Waals surface area contributed by atoms with Gasteiger partial charge in [0, 0.05) is 10.2 Å². The maximum Gasteiger partial charge on any atom is 0.338 e. The smallest absolute Gasteiger partial charge is 0.338 e. The molecule has 0 radical (unpaired) electrons. The standard InChI is InChI=1S/C29H24BrClN2O5/c30-24-12-10-20(15-25(24)31)32-26(34)16-38-29(37)19-7-4-8-21(13-19)33-27(35)22-11-9-18(14-23(22)28(33)36)17-5-2-1-3-6-17/h1-8,10,12-13,15,18,22-23H,9,11,14,16H2,(H,32,34)/t18-,22+,23+/m0/s1. The number of imide groups is 1. The van der Waals surface area contributed by atoms with E-state index < -0.39 is 18.5 Å². The predicted molar refractivity (Wildman–Crippen MR) is 147 cm³/mol. The molecule has 7 nitrogen and oxygen atoms in total. The minimum absolute atomic E-state index is 0.139. The fourth-order valence-corrected chi connectivity index (χ4v) is 5.65. The van der Waals surface area contributed by atoms with Gasteiger partial charge in [0.2, 0.25) is 11.8 Å². The summed E-state index contributed by atoms with van der Waals surface area (Å²) >= 11 is 9.31. The quantitative estimate of drug-likeness (QED) is 0.280. The first-order valence-electron chi connectivity index (χ1n) is 12.3. The van der Waals surface area contributed by atoms with Crippen molar-refractivity contribution in [3.63, 3.8) is 0 Å². The second-order valence-corrected chi connectivity index (χ2v) is 10.7. The molecule has 0 aromatic heterocycles. The number of anilines is 2. The molecule has 1 saturated heterocycles. The number of carbonyl (C=O) groups excluding carboxylic acids is 4. The van der Waals surface area contributed by atoms with Gasteiger partial charge >= 0.3 is 5.97 Å². The van der Waals surface area contributed by atoms with Crippen molar-refractivity contribution in [3.8, 4) is 0 Å². The van der Waals surface area contributed by atoms with Gasteiger partial charge in [0.1, 0.15) is 0 Å². The number of benzene rings is 3. The number of fused-ring (bicyclic) bond motifs is 1. The van der Waals surface area contributed by atoms with Gasteiger partial charge in [-0.25, -0.2) is 4.79 Å². The maximum absolute atomic E-state index is 13.4. The monoisotopic (exact) mass is 594 g/mol. The van der Waals surface area contributed by atoms with Crippen LogP contribution >= 0.6 is 27.5 Å².